The zero-order valence-corrected chi connectivity index (χ0v) is 8.89. The van der Waals surface area contributed by atoms with Gasteiger partial charge in [-0.15, -0.1) is 0 Å². The molecule has 0 aliphatic heterocycles. The van der Waals surface area contributed by atoms with Crippen LogP contribution < -0.4 is 0 Å². The van der Waals surface area contributed by atoms with Gasteiger partial charge in [-0.25, -0.2) is 8.78 Å². The first-order chi connectivity index (χ1) is 7.02. The van der Waals surface area contributed by atoms with Crippen molar-refractivity contribution in [2.45, 2.75) is 26.7 Å². The minimum absolute atomic E-state index is 0.0576. The van der Waals surface area contributed by atoms with Gasteiger partial charge in [0.2, 0.25) is 0 Å². The smallest absolute Gasteiger partial charge is 0.133 e. The SMILES string of the molecule is CCC(Cc1cc(F)cc(F)c1)C(C)=O. The van der Waals surface area contributed by atoms with Crippen LogP contribution in [0.3, 0.4) is 0 Å². The van der Waals surface area contributed by atoms with Gasteiger partial charge in [0.05, 0.1) is 0 Å². The lowest BCUT2D eigenvalue weighted by atomic mass is 9.93. The molecule has 0 spiro atoms. The van der Waals surface area contributed by atoms with Gasteiger partial charge in [-0.05, 0) is 37.5 Å². The fraction of sp³-hybridized carbons (Fsp3) is 0.417. The topological polar surface area (TPSA) is 17.1 Å². The summed E-state index contributed by atoms with van der Waals surface area (Å²) in [5.74, 6) is -1.28. The van der Waals surface area contributed by atoms with E-state index >= 15 is 0 Å². The first-order valence-electron chi connectivity index (χ1n) is 4.98. The van der Waals surface area contributed by atoms with E-state index < -0.39 is 11.6 Å². The molecule has 0 fully saturated rings. The van der Waals surface area contributed by atoms with Crippen LogP contribution in [-0.2, 0) is 11.2 Å². The lowest BCUT2D eigenvalue weighted by molar-refractivity contribution is -0.120. The average Bonchev–Trinajstić information content (AvgIpc) is 2.12. The molecule has 1 nitrogen and oxygen atoms in total. The van der Waals surface area contributed by atoms with E-state index in [1.54, 1.807) is 0 Å². The van der Waals surface area contributed by atoms with Crippen LogP contribution in [0.15, 0.2) is 18.2 Å². The minimum Gasteiger partial charge on any atom is -0.300 e. The molecule has 0 saturated heterocycles. The van der Waals surface area contributed by atoms with Crippen LogP contribution >= 0.6 is 0 Å². The van der Waals surface area contributed by atoms with Crippen molar-refractivity contribution >= 4 is 5.78 Å². The second-order valence-corrected chi connectivity index (χ2v) is 3.70. The highest BCUT2D eigenvalue weighted by Crippen LogP contribution is 2.15. The van der Waals surface area contributed by atoms with Gasteiger partial charge < -0.3 is 0 Å². The summed E-state index contributed by atoms with van der Waals surface area (Å²) in [5.41, 5.74) is 0.537. The van der Waals surface area contributed by atoms with Crippen LogP contribution in [0.4, 0.5) is 8.78 Å². The Bertz CT molecular complexity index is 340. The molecular formula is C12H14F2O. The quantitative estimate of drug-likeness (QED) is 0.749. The van der Waals surface area contributed by atoms with Crippen LogP contribution in [0.5, 0.6) is 0 Å². The Balaban J connectivity index is 2.83. The van der Waals surface area contributed by atoms with Crippen molar-refractivity contribution in [2.75, 3.05) is 0 Å². The molecule has 0 aliphatic carbocycles. The number of hydrogen-bond donors (Lipinski definition) is 0. The molecule has 0 aliphatic rings. The number of rotatable bonds is 4. The lowest BCUT2D eigenvalue weighted by Gasteiger charge is -2.11. The molecule has 1 rings (SSSR count). The molecule has 0 bridgehead atoms. The molecule has 82 valence electrons. The third kappa shape index (κ3) is 3.42. The second kappa shape index (κ2) is 5.01. The van der Waals surface area contributed by atoms with Crippen molar-refractivity contribution < 1.29 is 13.6 Å². The molecular weight excluding hydrogens is 198 g/mol. The zero-order chi connectivity index (χ0) is 11.4. The van der Waals surface area contributed by atoms with Crippen molar-refractivity contribution in [1.82, 2.24) is 0 Å². The molecule has 0 N–H and O–H groups in total. The summed E-state index contributed by atoms with van der Waals surface area (Å²) < 4.78 is 25.7. The molecule has 1 aromatic rings. The average molecular weight is 212 g/mol. The molecule has 0 aromatic heterocycles. The van der Waals surface area contributed by atoms with E-state index in [-0.39, 0.29) is 11.7 Å². The highest BCUT2D eigenvalue weighted by molar-refractivity contribution is 5.78. The highest BCUT2D eigenvalue weighted by atomic mass is 19.1. The Labute approximate surface area is 88.1 Å². The number of ketones is 1. The van der Waals surface area contributed by atoms with Crippen LogP contribution in [-0.4, -0.2) is 5.78 Å². The molecule has 1 unspecified atom stereocenters. The molecule has 0 heterocycles. The fourth-order valence-corrected chi connectivity index (χ4v) is 1.59. The number of carbonyl (C=O) groups is 1. The van der Waals surface area contributed by atoms with Crippen LogP contribution in [0, 0.1) is 17.6 Å². The van der Waals surface area contributed by atoms with Gasteiger partial charge in [0.1, 0.15) is 17.4 Å². The van der Waals surface area contributed by atoms with Gasteiger partial charge in [-0.3, -0.25) is 4.79 Å². The molecule has 0 saturated carbocycles. The highest BCUT2D eigenvalue weighted by Gasteiger charge is 2.13. The third-order valence-corrected chi connectivity index (χ3v) is 2.47. The van der Waals surface area contributed by atoms with E-state index in [2.05, 4.69) is 0 Å². The van der Waals surface area contributed by atoms with Gasteiger partial charge in [-0.2, -0.15) is 0 Å². The first-order valence-corrected chi connectivity index (χ1v) is 4.98. The Hall–Kier alpha value is -1.25. The largest absolute Gasteiger partial charge is 0.300 e. The third-order valence-electron chi connectivity index (χ3n) is 2.47. The second-order valence-electron chi connectivity index (χ2n) is 3.70. The minimum atomic E-state index is -0.594. The van der Waals surface area contributed by atoms with Crippen LogP contribution in [0.25, 0.3) is 0 Å². The lowest BCUT2D eigenvalue weighted by Crippen LogP contribution is -2.13. The summed E-state index contributed by atoms with van der Waals surface area (Å²) in [6, 6.07) is 3.38. The van der Waals surface area contributed by atoms with E-state index in [0.717, 1.165) is 6.07 Å². The van der Waals surface area contributed by atoms with Crippen molar-refractivity contribution in [3.05, 3.63) is 35.4 Å². The predicted molar refractivity (Wildman–Crippen MR) is 54.5 cm³/mol. The summed E-state index contributed by atoms with van der Waals surface area (Å²) in [5, 5.41) is 0. The van der Waals surface area contributed by atoms with Crippen molar-refractivity contribution in [3.8, 4) is 0 Å². The van der Waals surface area contributed by atoms with Gasteiger partial charge in [0, 0.05) is 12.0 Å². The first kappa shape index (κ1) is 11.8. The maximum Gasteiger partial charge on any atom is 0.133 e. The van der Waals surface area contributed by atoms with Crippen LogP contribution in [0.2, 0.25) is 0 Å². The zero-order valence-electron chi connectivity index (χ0n) is 8.89. The van der Waals surface area contributed by atoms with Gasteiger partial charge in [0.15, 0.2) is 0 Å². The molecule has 0 radical (unpaired) electrons. The predicted octanol–water partition coefficient (Wildman–Crippen LogP) is 3.12. The van der Waals surface area contributed by atoms with Crippen molar-refractivity contribution in [1.29, 1.82) is 0 Å². The van der Waals surface area contributed by atoms with E-state index in [1.165, 1.54) is 19.1 Å². The Kier molecular flexibility index (Phi) is 3.95. The molecule has 1 atom stereocenters. The summed E-state index contributed by atoms with van der Waals surface area (Å²) in [6.07, 6.45) is 1.09. The van der Waals surface area contributed by atoms with Gasteiger partial charge >= 0.3 is 0 Å². The van der Waals surface area contributed by atoms with E-state index in [9.17, 15) is 13.6 Å². The number of halogens is 2. The van der Waals surface area contributed by atoms with Crippen molar-refractivity contribution in [3.63, 3.8) is 0 Å². The van der Waals surface area contributed by atoms with Gasteiger partial charge in [0.25, 0.3) is 0 Å². The Morgan fingerprint density at radius 3 is 2.20 bits per heavy atom. The van der Waals surface area contributed by atoms with Crippen LogP contribution in [0.1, 0.15) is 25.8 Å². The number of hydrogen-bond acceptors (Lipinski definition) is 1. The molecule has 1 aromatic carbocycles. The maximum atomic E-state index is 12.9. The standard InChI is InChI=1S/C12H14F2O/c1-3-10(8(2)15)4-9-5-11(13)7-12(14)6-9/h5-7,10H,3-4H2,1-2H3. The number of benzene rings is 1. The Morgan fingerprint density at radius 2 is 1.80 bits per heavy atom. The summed E-state index contributed by atoms with van der Waals surface area (Å²) in [4.78, 5) is 11.2. The van der Waals surface area contributed by atoms with E-state index in [4.69, 9.17) is 0 Å². The summed E-state index contributed by atoms with van der Waals surface area (Å²) >= 11 is 0. The molecule has 15 heavy (non-hydrogen) atoms. The monoisotopic (exact) mass is 212 g/mol. The molecule has 0 amide bonds. The fourth-order valence-electron chi connectivity index (χ4n) is 1.59. The Morgan fingerprint density at radius 1 is 1.27 bits per heavy atom. The number of Topliss-reactive ketones (excluding diaryl/α,β-unsaturated/α-hetero) is 1. The summed E-state index contributed by atoms with van der Waals surface area (Å²) in [6.45, 7) is 3.39. The van der Waals surface area contributed by atoms with E-state index in [0.29, 0.717) is 18.4 Å². The maximum absolute atomic E-state index is 12.9. The normalized spacial score (nSPS) is 12.5. The van der Waals surface area contributed by atoms with E-state index in [1.807, 2.05) is 6.92 Å². The summed E-state index contributed by atoms with van der Waals surface area (Å²) in [7, 11) is 0. The van der Waals surface area contributed by atoms with Gasteiger partial charge in [-0.1, -0.05) is 6.92 Å². The van der Waals surface area contributed by atoms with Crippen molar-refractivity contribution in [2.24, 2.45) is 5.92 Å². The molecule has 3 heteroatoms. The number of carbonyl (C=O) groups excluding carboxylic acids is 1.